The van der Waals surface area contributed by atoms with Gasteiger partial charge in [-0.1, -0.05) is 18.2 Å². The molecule has 0 unspecified atom stereocenters. The normalized spacial score (nSPS) is 14.6. The minimum Gasteiger partial charge on any atom is -0.444 e. The maximum Gasteiger partial charge on any atom is 0.410 e. The second kappa shape index (κ2) is 10.5. The van der Waals surface area contributed by atoms with E-state index in [0.717, 1.165) is 19.3 Å². The summed E-state index contributed by atoms with van der Waals surface area (Å²) in [6.07, 6.45) is 2.23. The van der Waals surface area contributed by atoms with E-state index >= 15 is 0 Å². The van der Waals surface area contributed by atoms with E-state index in [1.165, 1.54) is 0 Å². The molecule has 0 spiro atoms. The maximum absolute atomic E-state index is 12.2. The molecule has 1 saturated heterocycles. The van der Waals surface area contributed by atoms with E-state index in [4.69, 9.17) is 9.47 Å². The van der Waals surface area contributed by atoms with Crippen molar-refractivity contribution in [2.24, 2.45) is 5.92 Å². The average Bonchev–Trinajstić information content (AvgIpc) is 2.73. The zero-order valence-electron chi connectivity index (χ0n) is 19.5. The third-order valence-electron chi connectivity index (χ3n) is 5.28. The highest BCUT2D eigenvalue weighted by atomic mass is 16.6. The second-order valence-corrected chi connectivity index (χ2v) is 9.09. The van der Waals surface area contributed by atoms with Crippen LogP contribution in [0, 0.1) is 23.0 Å². The molecule has 1 fully saturated rings. The lowest BCUT2D eigenvalue weighted by Crippen LogP contribution is -2.41. The number of carbonyl (C=O) groups is 1. The summed E-state index contributed by atoms with van der Waals surface area (Å²) in [6.45, 7) is 8.92. The molecule has 10 heteroatoms. The lowest BCUT2D eigenvalue weighted by molar-refractivity contribution is -0.385. The average molecular weight is 458 g/mol. The maximum atomic E-state index is 12.2. The van der Waals surface area contributed by atoms with Crippen LogP contribution in [-0.4, -0.2) is 51.1 Å². The number of aryl methyl sites for hydroxylation is 1. The molecule has 1 N–H and O–H groups in total. The molecule has 1 aliphatic heterocycles. The number of aromatic nitrogens is 2. The third kappa shape index (κ3) is 7.03. The van der Waals surface area contributed by atoms with Crippen LogP contribution in [0.1, 0.15) is 45.7 Å². The van der Waals surface area contributed by atoms with Crippen molar-refractivity contribution in [1.29, 1.82) is 0 Å². The smallest absolute Gasteiger partial charge is 0.410 e. The van der Waals surface area contributed by atoms with E-state index in [9.17, 15) is 14.9 Å². The molecule has 1 aromatic carbocycles. The van der Waals surface area contributed by atoms with Gasteiger partial charge < -0.3 is 19.7 Å². The first-order valence-corrected chi connectivity index (χ1v) is 11.1. The Morgan fingerprint density at radius 2 is 1.88 bits per heavy atom. The SMILES string of the molecule is Cc1nc(Oc2ccccc2)nc(NCCC2CCN(C(=O)OC(C)(C)C)CC2)c1[N+](=O)[O-]. The first kappa shape index (κ1) is 24.2. The van der Waals surface area contributed by atoms with Crippen molar-refractivity contribution < 1.29 is 19.2 Å². The number of hydrogen-bond acceptors (Lipinski definition) is 8. The summed E-state index contributed by atoms with van der Waals surface area (Å²) in [5.41, 5.74) is -0.435. The van der Waals surface area contributed by atoms with Crippen molar-refractivity contribution in [3.05, 3.63) is 46.1 Å². The minimum absolute atomic E-state index is 0.0532. The summed E-state index contributed by atoms with van der Waals surface area (Å²) >= 11 is 0. The number of ether oxygens (including phenoxy) is 2. The Kier molecular flexibility index (Phi) is 7.67. The van der Waals surface area contributed by atoms with Crippen molar-refractivity contribution in [2.75, 3.05) is 25.0 Å². The van der Waals surface area contributed by atoms with Gasteiger partial charge in [0.15, 0.2) is 0 Å². The van der Waals surface area contributed by atoms with Crippen LogP contribution in [0.4, 0.5) is 16.3 Å². The standard InChI is InChI=1S/C23H31N5O5/c1-16-19(28(30)31)20(26-21(25-16)32-18-8-6-5-7-9-18)24-13-10-17-11-14-27(15-12-17)22(29)33-23(2,3)4/h5-9,17H,10-15H2,1-4H3,(H,24,25,26). The highest BCUT2D eigenvalue weighted by Gasteiger charge is 2.27. The predicted molar refractivity (Wildman–Crippen MR) is 124 cm³/mol. The van der Waals surface area contributed by atoms with E-state index in [0.29, 0.717) is 31.3 Å². The molecule has 0 aliphatic carbocycles. The molecule has 10 nitrogen and oxygen atoms in total. The van der Waals surface area contributed by atoms with Gasteiger partial charge in [0.25, 0.3) is 0 Å². The number of nitro groups is 1. The molecule has 0 radical (unpaired) electrons. The van der Waals surface area contributed by atoms with Gasteiger partial charge in [-0.3, -0.25) is 10.1 Å². The molecule has 3 rings (SSSR count). The number of para-hydroxylation sites is 1. The number of hydrogen-bond donors (Lipinski definition) is 1. The van der Waals surface area contributed by atoms with Gasteiger partial charge in [0.2, 0.25) is 5.82 Å². The van der Waals surface area contributed by atoms with Gasteiger partial charge in [-0.25, -0.2) is 4.79 Å². The number of amides is 1. The number of carbonyl (C=O) groups excluding carboxylic acids is 1. The van der Waals surface area contributed by atoms with Crippen LogP contribution in [-0.2, 0) is 4.74 Å². The fourth-order valence-electron chi connectivity index (χ4n) is 3.65. The molecule has 178 valence electrons. The summed E-state index contributed by atoms with van der Waals surface area (Å²) in [4.78, 5) is 33.4. The number of piperidine rings is 1. The second-order valence-electron chi connectivity index (χ2n) is 9.09. The van der Waals surface area contributed by atoms with Crippen molar-refractivity contribution in [1.82, 2.24) is 14.9 Å². The van der Waals surface area contributed by atoms with Crippen molar-refractivity contribution >= 4 is 17.6 Å². The zero-order chi connectivity index (χ0) is 24.0. The molecule has 2 heterocycles. The Balaban J connectivity index is 1.57. The van der Waals surface area contributed by atoms with Gasteiger partial charge in [0.05, 0.1) is 4.92 Å². The fourth-order valence-corrected chi connectivity index (χ4v) is 3.65. The zero-order valence-corrected chi connectivity index (χ0v) is 19.5. The lowest BCUT2D eigenvalue weighted by atomic mass is 9.94. The van der Waals surface area contributed by atoms with Crippen molar-refractivity contribution in [3.63, 3.8) is 0 Å². The summed E-state index contributed by atoms with van der Waals surface area (Å²) in [7, 11) is 0. The molecule has 1 aromatic heterocycles. The van der Waals surface area contributed by atoms with Crippen LogP contribution >= 0.6 is 0 Å². The van der Waals surface area contributed by atoms with Crippen LogP contribution in [0.3, 0.4) is 0 Å². The summed E-state index contributed by atoms with van der Waals surface area (Å²) in [6, 6.07) is 9.08. The minimum atomic E-state index is -0.509. The van der Waals surface area contributed by atoms with Gasteiger partial charge in [-0.2, -0.15) is 9.97 Å². The molecule has 0 saturated carbocycles. The number of rotatable bonds is 7. The van der Waals surface area contributed by atoms with Crippen LogP contribution in [0.15, 0.2) is 30.3 Å². The Bertz CT molecular complexity index is 969. The van der Waals surface area contributed by atoms with Crippen molar-refractivity contribution in [2.45, 2.75) is 52.6 Å². The molecule has 1 aliphatic rings. The van der Waals surface area contributed by atoms with Crippen LogP contribution in [0.5, 0.6) is 11.8 Å². The monoisotopic (exact) mass is 457 g/mol. The lowest BCUT2D eigenvalue weighted by Gasteiger charge is -2.33. The molecular weight excluding hydrogens is 426 g/mol. The Hall–Kier alpha value is -3.43. The molecular formula is C23H31N5O5. The first-order chi connectivity index (χ1) is 15.6. The summed E-state index contributed by atoms with van der Waals surface area (Å²) < 4.78 is 11.1. The van der Waals surface area contributed by atoms with Crippen molar-refractivity contribution in [3.8, 4) is 11.8 Å². The van der Waals surface area contributed by atoms with Crippen LogP contribution in [0.2, 0.25) is 0 Å². The topological polar surface area (TPSA) is 120 Å². The Morgan fingerprint density at radius 3 is 2.48 bits per heavy atom. The Labute approximate surface area is 193 Å². The summed E-state index contributed by atoms with van der Waals surface area (Å²) in [5.74, 6) is 1.09. The summed E-state index contributed by atoms with van der Waals surface area (Å²) in [5, 5.41) is 14.7. The highest BCUT2D eigenvalue weighted by molar-refractivity contribution is 5.68. The predicted octanol–water partition coefficient (Wildman–Crippen LogP) is 4.93. The first-order valence-electron chi connectivity index (χ1n) is 11.1. The highest BCUT2D eigenvalue weighted by Crippen LogP contribution is 2.30. The van der Waals surface area contributed by atoms with Gasteiger partial charge in [0, 0.05) is 19.6 Å². The van der Waals surface area contributed by atoms with E-state index in [2.05, 4.69) is 15.3 Å². The number of benzene rings is 1. The quantitative estimate of drug-likeness (QED) is 0.459. The van der Waals surface area contributed by atoms with Gasteiger partial charge in [0.1, 0.15) is 17.0 Å². The van der Waals surface area contributed by atoms with E-state index in [-0.39, 0.29) is 29.3 Å². The van der Waals surface area contributed by atoms with E-state index < -0.39 is 10.5 Å². The Morgan fingerprint density at radius 1 is 1.21 bits per heavy atom. The number of anilines is 1. The van der Waals surface area contributed by atoms with E-state index in [1.54, 1.807) is 24.0 Å². The fraction of sp³-hybridized carbons (Fsp3) is 0.522. The number of likely N-dealkylation sites (tertiary alicyclic amines) is 1. The van der Waals surface area contributed by atoms with Gasteiger partial charge in [-0.05, 0) is 65.0 Å². The van der Waals surface area contributed by atoms with E-state index in [1.807, 2.05) is 39.0 Å². The van der Waals surface area contributed by atoms with Crippen LogP contribution in [0.25, 0.3) is 0 Å². The molecule has 2 aromatic rings. The molecule has 0 atom stereocenters. The third-order valence-corrected chi connectivity index (χ3v) is 5.28. The number of nitrogens with one attached hydrogen (secondary N) is 1. The largest absolute Gasteiger partial charge is 0.444 e. The van der Waals surface area contributed by atoms with Gasteiger partial charge in [-0.15, -0.1) is 0 Å². The molecule has 33 heavy (non-hydrogen) atoms. The molecule has 1 amide bonds. The molecule has 0 bridgehead atoms. The number of nitrogens with zero attached hydrogens (tertiary/aromatic N) is 4. The van der Waals surface area contributed by atoms with Crippen LogP contribution < -0.4 is 10.1 Å². The van der Waals surface area contributed by atoms with Gasteiger partial charge >= 0.3 is 17.8 Å².